The van der Waals surface area contributed by atoms with Gasteiger partial charge in [-0.1, -0.05) is 51.3 Å². The molecule has 2 aromatic carbocycles. The first-order chi connectivity index (χ1) is 18.6. The summed E-state index contributed by atoms with van der Waals surface area (Å²) < 4.78 is 34.7. The number of carbonyl (C=O) groups excluding carboxylic acids is 2. The van der Waals surface area contributed by atoms with Crippen LogP contribution in [-0.2, 0) is 30.6 Å². The molecular formula is C26H25BrCl2N4O5S. The Morgan fingerprint density at radius 1 is 1.08 bits per heavy atom. The molecule has 1 fully saturated rings. The Labute approximate surface area is 244 Å². The molecule has 5 rings (SSSR count). The lowest BCUT2D eigenvalue weighted by Gasteiger charge is -2.26. The van der Waals surface area contributed by atoms with Crippen LogP contribution in [0.25, 0.3) is 0 Å². The number of hydrogen-bond donors (Lipinski definition) is 0. The number of hydrogen-bond acceptors (Lipinski definition) is 6. The second-order valence-electron chi connectivity index (χ2n) is 9.33. The number of aromatic nitrogens is 2. The van der Waals surface area contributed by atoms with Gasteiger partial charge in [-0.05, 0) is 42.3 Å². The number of fused-ring (bicyclic) bond motifs is 1. The Morgan fingerprint density at radius 2 is 1.74 bits per heavy atom. The second-order valence-corrected chi connectivity index (χ2v) is 13.2. The van der Waals surface area contributed by atoms with Crippen LogP contribution in [0.15, 0.2) is 58.2 Å². The molecule has 3 aromatic rings. The number of carbonyl (C=O) groups is 2. The van der Waals surface area contributed by atoms with Gasteiger partial charge in [-0.25, -0.2) is 18.3 Å². The lowest BCUT2D eigenvalue weighted by atomic mass is 10.1. The van der Waals surface area contributed by atoms with E-state index in [0.717, 1.165) is 10.0 Å². The smallest absolute Gasteiger partial charge is 0.257 e. The van der Waals surface area contributed by atoms with Gasteiger partial charge in [0.15, 0.2) is 14.9 Å². The third-order valence-corrected chi connectivity index (χ3v) is 9.43. The molecule has 13 heteroatoms. The van der Waals surface area contributed by atoms with Gasteiger partial charge in [-0.15, -0.1) is 0 Å². The number of amides is 2. The summed E-state index contributed by atoms with van der Waals surface area (Å²) in [4.78, 5) is 33.7. The number of halogens is 3. The summed E-state index contributed by atoms with van der Waals surface area (Å²) in [5.74, 6) is -0.530. The van der Waals surface area contributed by atoms with E-state index in [1.807, 2.05) is 24.3 Å². The van der Waals surface area contributed by atoms with E-state index in [1.165, 1.54) is 15.7 Å². The Hall–Kier alpha value is -2.44. The third kappa shape index (κ3) is 6.02. The van der Waals surface area contributed by atoms with Gasteiger partial charge in [0.25, 0.3) is 5.91 Å². The Kier molecular flexibility index (Phi) is 8.34. The number of rotatable bonds is 8. The number of morpholine rings is 1. The van der Waals surface area contributed by atoms with Crippen LogP contribution >= 0.6 is 39.1 Å². The number of ether oxygens (including phenoxy) is 1. The lowest BCUT2D eigenvalue weighted by Crippen LogP contribution is -2.40. The fourth-order valence-corrected chi connectivity index (χ4v) is 7.04. The molecule has 3 heterocycles. The highest BCUT2D eigenvalue weighted by Crippen LogP contribution is 2.41. The van der Waals surface area contributed by atoms with Crippen molar-refractivity contribution in [2.45, 2.75) is 30.3 Å². The van der Waals surface area contributed by atoms with Gasteiger partial charge in [0.1, 0.15) is 6.04 Å². The minimum Gasteiger partial charge on any atom is -0.378 e. The van der Waals surface area contributed by atoms with Crippen molar-refractivity contribution in [2.75, 3.05) is 37.0 Å². The van der Waals surface area contributed by atoms with E-state index in [1.54, 1.807) is 23.1 Å². The zero-order valence-corrected chi connectivity index (χ0v) is 24.6. The van der Waals surface area contributed by atoms with Crippen LogP contribution < -0.4 is 4.90 Å². The average Bonchev–Trinajstić information content (AvgIpc) is 3.44. The van der Waals surface area contributed by atoms with Crippen molar-refractivity contribution in [1.82, 2.24) is 14.5 Å². The zero-order chi connectivity index (χ0) is 27.7. The van der Waals surface area contributed by atoms with Gasteiger partial charge in [-0.3, -0.25) is 14.2 Å². The van der Waals surface area contributed by atoms with Crippen LogP contribution in [0.5, 0.6) is 0 Å². The van der Waals surface area contributed by atoms with Gasteiger partial charge in [0.05, 0.1) is 30.9 Å². The summed E-state index contributed by atoms with van der Waals surface area (Å²) in [5.41, 5.74) is 1.24. The highest BCUT2D eigenvalue weighted by molar-refractivity contribution is 9.10. The number of benzene rings is 2. The van der Waals surface area contributed by atoms with Crippen molar-refractivity contribution in [1.29, 1.82) is 0 Å². The molecule has 206 valence electrons. The zero-order valence-electron chi connectivity index (χ0n) is 20.7. The predicted molar refractivity (Wildman–Crippen MR) is 151 cm³/mol. The molecule has 0 bridgehead atoms. The van der Waals surface area contributed by atoms with Crippen LogP contribution in [0, 0.1) is 0 Å². The molecule has 39 heavy (non-hydrogen) atoms. The van der Waals surface area contributed by atoms with Crippen LogP contribution in [0.4, 0.5) is 11.6 Å². The molecule has 0 spiro atoms. The van der Waals surface area contributed by atoms with Gasteiger partial charge >= 0.3 is 0 Å². The molecule has 1 unspecified atom stereocenters. The Balaban J connectivity index is 1.45. The number of sulfone groups is 1. The van der Waals surface area contributed by atoms with Gasteiger partial charge in [0.2, 0.25) is 11.9 Å². The van der Waals surface area contributed by atoms with Gasteiger partial charge in [-0.2, -0.15) is 0 Å². The summed E-state index contributed by atoms with van der Waals surface area (Å²) in [6, 6.07) is 11.3. The highest BCUT2D eigenvalue weighted by Gasteiger charge is 2.43. The van der Waals surface area contributed by atoms with E-state index in [0.29, 0.717) is 42.0 Å². The lowest BCUT2D eigenvalue weighted by molar-refractivity contribution is -0.135. The SMILES string of the molecule is O=C(CCCS(=O)(=O)c1cnc2n1C(Cc1ccc(Br)cc1)C(=O)N2c1cc(Cl)cc(Cl)c1)N1CCOCC1. The number of imidazole rings is 1. The molecule has 0 saturated carbocycles. The number of nitrogens with zero attached hydrogens (tertiary/aromatic N) is 4. The monoisotopic (exact) mass is 654 g/mol. The van der Waals surface area contributed by atoms with E-state index in [-0.39, 0.29) is 47.8 Å². The van der Waals surface area contributed by atoms with Crippen molar-refractivity contribution < 1.29 is 22.7 Å². The second kappa shape index (κ2) is 11.6. The molecule has 0 aliphatic carbocycles. The summed E-state index contributed by atoms with van der Waals surface area (Å²) in [7, 11) is -3.88. The van der Waals surface area contributed by atoms with Gasteiger partial charge in [0, 0.05) is 40.4 Å². The summed E-state index contributed by atoms with van der Waals surface area (Å²) >= 11 is 15.8. The predicted octanol–water partition coefficient (Wildman–Crippen LogP) is 4.83. The fraction of sp³-hybridized carbons (Fsp3) is 0.346. The van der Waals surface area contributed by atoms with E-state index in [2.05, 4.69) is 20.9 Å². The Morgan fingerprint density at radius 3 is 2.41 bits per heavy atom. The maximum atomic E-state index is 13.8. The molecule has 1 atom stereocenters. The first-order valence-corrected chi connectivity index (χ1v) is 15.5. The molecular weight excluding hydrogens is 631 g/mol. The van der Waals surface area contributed by atoms with Crippen molar-refractivity contribution in [3.8, 4) is 0 Å². The average molecular weight is 656 g/mol. The molecule has 9 nitrogen and oxygen atoms in total. The van der Waals surface area contributed by atoms with E-state index >= 15 is 0 Å². The quantitative estimate of drug-likeness (QED) is 0.345. The topological polar surface area (TPSA) is 102 Å². The van der Waals surface area contributed by atoms with Crippen molar-refractivity contribution in [3.63, 3.8) is 0 Å². The number of anilines is 2. The van der Waals surface area contributed by atoms with Crippen LogP contribution in [0.2, 0.25) is 10.0 Å². The normalized spacial score (nSPS) is 17.5. The molecule has 0 radical (unpaired) electrons. The maximum absolute atomic E-state index is 13.8. The van der Waals surface area contributed by atoms with E-state index < -0.39 is 15.9 Å². The summed E-state index contributed by atoms with van der Waals surface area (Å²) in [6.07, 6.45) is 1.78. The van der Waals surface area contributed by atoms with Crippen LogP contribution in [0.3, 0.4) is 0 Å². The summed E-state index contributed by atoms with van der Waals surface area (Å²) in [6.45, 7) is 1.97. The minimum atomic E-state index is -3.88. The maximum Gasteiger partial charge on any atom is 0.257 e. The molecule has 2 aliphatic rings. The largest absolute Gasteiger partial charge is 0.378 e. The molecule has 2 aliphatic heterocycles. The van der Waals surface area contributed by atoms with Gasteiger partial charge < -0.3 is 9.64 Å². The minimum absolute atomic E-state index is 0.0672. The molecule has 0 N–H and O–H groups in total. The third-order valence-electron chi connectivity index (χ3n) is 6.69. The van der Waals surface area contributed by atoms with E-state index in [9.17, 15) is 18.0 Å². The fourth-order valence-electron chi connectivity index (χ4n) is 4.80. The van der Waals surface area contributed by atoms with Crippen LogP contribution in [-0.4, -0.2) is 66.7 Å². The Bertz CT molecular complexity index is 1490. The van der Waals surface area contributed by atoms with Crippen LogP contribution in [0.1, 0.15) is 24.4 Å². The standard InChI is InChI=1S/C26H25BrCl2N4O5S/c27-18-5-3-17(4-6-18)12-22-25(35)32(21-14-19(28)13-20(29)15-21)26-30-16-24(33(22)26)39(36,37)11-1-2-23(34)31-7-9-38-10-8-31/h3-6,13-16,22H,1-2,7-12H2. The molecule has 1 aromatic heterocycles. The van der Waals surface area contributed by atoms with Crippen molar-refractivity contribution in [3.05, 3.63) is 68.7 Å². The van der Waals surface area contributed by atoms with Crippen molar-refractivity contribution >= 4 is 72.4 Å². The first-order valence-electron chi connectivity index (χ1n) is 12.3. The molecule has 1 saturated heterocycles. The van der Waals surface area contributed by atoms with E-state index in [4.69, 9.17) is 27.9 Å². The van der Waals surface area contributed by atoms with Crippen molar-refractivity contribution in [2.24, 2.45) is 0 Å². The first kappa shape index (κ1) is 28.1. The summed E-state index contributed by atoms with van der Waals surface area (Å²) in [5, 5.41) is 0.595. The highest BCUT2D eigenvalue weighted by atomic mass is 79.9. The molecule has 2 amide bonds.